The molecule has 0 fully saturated rings. The Morgan fingerprint density at radius 2 is 1.26 bits per heavy atom. The van der Waals surface area contributed by atoms with E-state index in [1.807, 2.05) is 17.5 Å². The summed E-state index contributed by atoms with van der Waals surface area (Å²) in [4.78, 5) is 11.0. The molecule has 0 atom stereocenters. The molecular formula is C38H22N2S2. The molecule has 0 amide bonds. The van der Waals surface area contributed by atoms with Crippen molar-refractivity contribution in [3.05, 3.63) is 134 Å². The SMILES string of the molecule is c1cc(-c2ccc(-c3cccc4c3sc3ccccc34)cc2)cc(-c2cnc3c(n2)sc2ccc4ccccc4c23)c1. The fraction of sp³-hybridized carbons (Fsp3) is 0. The lowest BCUT2D eigenvalue weighted by atomic mass is 9.98. The molecule has 0 aliphatic heterocycles. The Kier molecular flexibility index (Phi) is 5.27. The summed E-state index contributed by atoms with van der Waals surface area (Å²) in [6.45, 7) is 0. The second-order valence-corrected chi connectivity index (χ2v) is 12.7. The van der Waals surface area contributed by atoms with Gasteiger partial charge in [0.05, 0.1) is 11.9 Å². The number of benzene rings is 6. The lowest BCUT2D eigenvalue weighted by Crippen LogP contribution is -1.87. The first-order valence-electron chi connectivity index (χ1n) is 14.0. The van der Waals surface area contributed by atoms with Crippen LogP contribution in [0.5, 0.6) is 0 Å². The van der Waals surface area contributed by atoms with Gasteiger partial charge in [0.15, 0.2) is 0 Å². The highest BCUT2D eigenvalue weighted by molar-refractivity contribution is 7.26. The van der Waals surface area contributed by atoms with E-state index in [4.69, 9.17) is 9.97 Å². The Morgan fingerprint density at radius 1 is 0.500 bits per heavy atom. The van der Waals surface area contributed by atoms with Crippen molar-refractivity contribution in [1.82, 2.24) is 9.97 Å². The molecule has 3 aromatic heterocycles. The van der Waals surface area contributed by atoms with Crippen LogP contribution in [-0.2, 0) is 0 Å². The van der Waals surface area contributed by atoms with Crippen molar-refractivity contribution >= 4 is 74.1 Å². The van der Waals surface area contributed by atoms with Crippen molar-refractivity contribution in [3.63, 3.8) is 0 Å². The van der Waals surface area contributed by atoms with Crippen molar-refractivity contribution in [2.45, 2.75) is 0 Å². The maximum atomic E-state index is 5.08. The second kappa shape index (κ2) is 9.31. The average molecular weight is 571 g/mol. The number of fused-ring (bicyclic) bond motifs is 8. The third kappa shape index (κ3) is 3.69. The number of hydrogen-bond acceptors (Lipinski definition) is 4. The fourth-order valence-corrected chi connectivity index (χ4v) is 8.40. The van der Waals surface area contributed by atoms with Gasteiger partial charge < -0.3 is 0 Å². The molecule has 0 N–H and O–H groups in total. The second-order valence-electron chi connectivity index (χ2n) is 10.6. The highest BCUT2D eigenvalue weighted by Gasteiger charge is 2.14. The van der Waals surface area contributed by atoms with Gasteiger partial charge in [-0.2, -0.15) is 0 Å². The number of thiophene rings is 2. The maximum absolute atomic E-state index is 5.08. The van der Waals surface area contributed by atoms with Gasteiger partial charge in [-0.25, -0.2) is 4.98 Å². The van der Waals surface area contributed by atoms with Gasteiger partial charge in [0.2, 0.25) is 0 Å². The van der Waals surface area contributed by atoms with E-state index >= 15 is 0 Å². The van der Waals surface area contributed by atoms with Gasteiger partial charge in [0, 0.05) is 35.8 Å². The average Bonchev–Trinajstić information content (AvgIpc) is 3.63. The minimum atomic E-state index is 0.897. The van der Waals surface area contributed by atoms with E-state index in [0.29, 0.717) is 0 Å². The van der Waals surface area contributed by atoms with E-state index in [9.17, 15) is 0 Å². The molecule has 0 saturated heterocycles. The largest absolute Gasteiger partial charge is 0.251 e. The molecule has 9 rings (SSSR count). The first kappa shape index (κ1) is 23.8. The normalized spacial score (nSPS) is 11.8. The number of rotatable bonds is 3. The molecule has 0 saturated carbocycles. The Labute approximate surface area is 250 Å². The molecule has 6 aromatic carbocycles. The van der Waals surface area contributed by atoms with Crippen LogP contribution in [0.15, 0.2) is 134 Å². The summed E-state index contributed by atoms with van der Waals surface area (Å²) in [6.07, 6.45) is 1.92. The van der Waals surface area contributed by atoms with Gasteiger partial charge in [0.1, 0.15) is 10.3 Å². The molecule has 0 aliphatic rings. The van der Waals surface area contributed by atoms with Gasteiger partial charge in [-0.05, 0) is 51.2 Å². The van der Waals surface area contributed by atoms with Crippen LogP contribution in [0.2, 0.25) is 0 Å². The molecule has 42 heavy (non-hydrogen) atoms. The zero-order chi connectivity index (χ0) is 27.6. The van der Waals surface area contributed by atoms with Crippen molar-refractivity contribution in [3.8, 4) is 33.5 Å². The molecule has 196 valence electrons. The summed E-state index contributed by atoms with van der Waals surface area (Å²) in [5.41, 5.74) is 7.83. The molecule has 0 bridgehead atoms. The third-order valence-corrected chi connectivity index (χ3v) is 10.4. The molecule has 0 aliphatic carbocycles. The smallest absolute Gasteiger partial charge is 0.143 e. The Hall–Kier alpha value is -4.90. The minimum Gasteiger partial charge on any atom is -0.251 e. The van der Waals surface area contributed by atoms with Crippen LogP contribution in [0.3, 0.4) is 0 Å². The van der Waals surface area contributed by atoms with Crippen LogP contribution in [0.1, 0.15) is 0 Å². The number of aromatic nitrogens is 2. The van der Waals surface area contributed by atoms with E-state index < -0.39 is 0 Å². The summed E-state index contributed by atoms with van der Waals surface area (Å²) < 4.78 is 3.90. The Balaban J connectivity index is 1.09. The van der Waals surface area contributed by atoms with Gasteiger partial charge in [-0.1, -0.05) is 109 Å². The van der Waals surface area contributed by atoms with E-state index in [2.05, 4.69) is 127 Å². The standard InChI is InChI=1S/C38H22N2S2/c1-2-10-28-24(7-1)19-20-34-35(28)36-38(42-34)40-32(22-39-36)27-9-5-8-26(21-27)23-15-17-25(18-16-23)29-12-6-13-31-30-11-3-4-14-33(30)41-37(29)31/h1-22H. The molecule has 0 spiro atoms. The van der Waals surface area contributed by atoms with E-state index in [1.165, 1.54) is 63.3 Å². The van der Waals surface area contributed by atoms with Crippen molar-refractivity contribution in [2.75, 3.05) is 0 Å². The topological polar surface area (TPSA) is 25.8 Å². The van der Waals surface area contributed by atoms with Crippen molar-refractivity contribution in [2.24, 2.45) is 0 Å². The van der Waals surface area contributed by atoms with Crippen LogP contribution < -0.4 is 0 Å². The third-order valence-electron chi connectivity index (χ3n) is 8.17. The number of hydrogen-bond donors (Lipinski definition) is 0. The lowest BCUT2D eigenvalue weighted by Gasteiger charge is -2.08. The van der Waals surface area contributed by atoms with Crippen molar-refractivity contribution in [1.29, 1.82) is 0 Å². The highest BCUT2D eigenvalue weighted by Crippen LogP contribution is 2.41. The van der Waals surface area contributed by atoms with E-state index in [-0.39, 0.29) is 0 Å². The van der Waals surface area contributed by atoms with Gasteiger partial charge in [0.25, 0.3) is 0 Å². The highest BCUT2D eigenvalue weighted by atomic mass is 32.1. The van der Waals surface area contributed by atoms with Crippen LogP contribution in [0, 0.1) is 0 Å². The minimum absolute atomic E-state index is 0.897. The quantitative estimate of drug-likeness (QED) is 0.211. The zero-order valence-corrected chi connectivity index (χ0v) is 24.0. The summed E-state index contributed by atoms with van der Waals surface area (Å²) in [7, 11) is 0. The van der Waals surface area contributed by atoms with Crippen LogP contribution in [-0.4, -0.2) is 9.97 Å². The number of nitrogens with zero attached hydrogens (tertiary/aromatic N) is 2. The monoisotopic (exact) mass is 570 g/mol. The van der Waals surface area contributed by atoms with Gasteiger partial charge in [-0.15, -0.1) is 22.7 Å². The maximum Gasteiger partial charge on any atom is 0.143 e. The molecule has 3 heterocycles. The Bertz CT molecular complexity index is 2470. The Morgan fingerprint density at radius 3 is 2.19 bits per heavy atom. The molecule has 0 radical (unpaired) electrons. The predicted octanol–water partition coefficient (Wildman–Crippen LogP) is 11.4. The summed E-state index contributed by atoms with van der Waals surface area (Å²) in [5.74, 6) is 0. The molecule has 9 aromatic rings. The van der Waals surface area contributed by atoms with Crippen LogP contribution in [0.25, 0.3) is 84.9 Å². The van der Waals surface area contributed by atoms with Gasteiger partial charge >= 0.3 is 0 Å². The summed E-state index contributed by atoms with van der Waals surface area (Å²) in [6, 6.07) is 45.8. The van der Waals surface area contributed by atoms with E-state index in [1.54, 1.807) is 11.3 Å². The van der Waals surface area contributed by atoms with Crippen molar-refractivity contribution < 1.29 is 0 Å². The van der Waals surface area contributed by atoms with Crippen LogP contribution in [0.4, 0.5) is 0 Å². The lowest BCUT2D eigenvalue weighted by molar-refractivity contribution is 1.32. The van der Waals surface area contributed by atoms with E-state index in [0.717, 1.165) is 21.6 Å². The fourth-order valence-electron chi connectivity index (χ4n) is 6.11. The van der Waals surface area contributed by atoms with Gasteiger partial charge in [-0.3, -0.25) is 4.98 Å². The van der Waals surface area contributed by atoms with Crippen LogP contribution >= 0.6 is 22.7 Å². The molecular weight excluding hydrogens is 549 g/mol. The zero-order valence-electron chi connectivity index (χ0n) is 22.4. The first-order chi connectivity index (χ1) is 20.8. The molecule has 2 nitrogen and oxygen atoms in total. The molecule has 4 heteroatoms. The predicted molar refractivity (Wildman–Crippen MR) is 182 cm³/mol. The molecule has 0 unspecified atom stereocenters. The summed E-state index contributed by atoms with van der Waals surface area (Å²) >= 11 is 3.59. The first-order valence-corrected chi connectivity index (χ1v) is 15.6. The summed E-state index contributed by atoms with van der Waals surface area (Å²) in [5, 5.41) is 6.33.